The minimum absolute atomic E-state index is 0.143. The van der Waals surface area contributed by atoms with Crippen LogP contribution < -0.4 is 14.8 Å². The largest absolute Gasteiger partial charge is 0.493 e. The molecular weight excluding hydrogens is 310 g/mol. The quantitative estimate of drug-likeness (QED) is 0.763. The van der Waals surface area contributed by atoms with Crippen molar-refractivity contribution in [2.45, 2.75) is 57.6 Å². The Balaban J connectivity index is 2.13. The summed E-state index contributed by atoms with van der Waals surface area (Å²) in [5.41, 5.74) is 0.367. The molecule has 0 radical (unpaired) electrons. The smallest absolute Gasteiger partial charge is 0.326 e. The van der Waals surface area contributed by atoms with Crippen molar-refractivity contribution >= 4 is 11.9 Å². The van der Waals surface area contributed by atoms with Crippen LogP contribution in [-0.4, -0.2) is 36.2 Å². The highest BCUT2D eigenvalue weighted by molar-refractivity contribution is 5.97. The molecule has 0 aromatic heterocycles. The predicted octanol–water partition coefficient (Wildman–Crippen LogP) is 3.00. The zero-order chi connectivity index (χ0) is 17.5. The third-order valence-corrected chi connectivity index (χ3v) is 4.20. The third kappa shape index (κ3) is 4.63. The Bertz CT molecular complexity index is 581. The van der Waals surface area contributed by atoms with Crippen LogP contribution in [0.15, 0.2) is 18.2 Å². The van der Waals surface area contributed by atoms with Crippen LogP contribution >= 0.6 is 0 Å². The number of hydrogen-bond acceptors (Lipinski definition) is 4. The van der Waals surface area contributed by atoms with Gasteiger partial charge < -0.3 is 19.9 Å². The summed E-state index contributed by atoms with van der Waals surface area (Å²) in [7, 11) is 1.55. The molecule has 24 heavy (non-hydrogen) atoms. The van der Waals surface area contributed by atoms with Gasteiger partial charge in [0.2, 0.25) is 0 Å². The summed E-state index contributed by atoms with van der Waals surface area (Å²) >= 11 is 0. The molecule has 0 heterocycles. The first-order valence-corrected chi connectivity index (χ1v) is 8.43. The second kappa shape index (κ2) is 8.57. The number of methoxy groups -OCH3 is 1. The summed E-state index contributed by atoms with van der Waals surface area (Å²) < 4.78 is 11.3. The van der Waals surface area contributed by atoms with Crippen LogP contribution in [0.4, 0.5) is 0 Å². The van der Waals surface area contributed by atoms with Crippen molar-refractivity contribution in [3.8, 4) is 11.5 Å². The molecule has 2 N–H and O–H groups in total. The molecule has 1 aromatic rings. The second-order valence-electron chi connectivity index (χ2n) is 6.04. The Kier molecular flexibility index (Phi) is 6.46. The lowest BCUT2D eigenvalue weighted by Crippen LogP contribution is -2.40. The van der Waals surface area contributed by atoms with E-state index in [9.17, 15) is 9.59 Å². The highest BCUT2D eigenvalue weighted by Gasteiger charge is 2.22. The molecule has 2 rings (SSSR count). The number of benzene rings is 1. The zero-order valence-corrected chi connectivity index (χ0v) is 14.2. The van der Waals surface area contributed by atoms with Gasteiger partial charge in [0.1, 0.15) is 6.04 Å². The second-order valence-corrected chi connectivity index (χ2v) is 6.04. The lowest BCUT2D eigenvalue weighted by molar-refractivity contribution is -0.139. The molecule has 1 aromatic carbocycles. The zero-order valence-electron chi connectivity index (χ0n) is 14.2. The van der Waals surface area contributed by atoms with Gasteiger partial charge in [-0.05, 0) is 50.3 Å². The lowest BCUT2D eigenvalue weighted by Gasteiger charge is -2.18. The summed E-state index contributed by atoms with van der Waals surface area (Å²) in [6, 6.07) is 4.02. The molecule has 1 atom stereocenters. The third-order valence-electron chi connectivity index (χ3n) is 4.20. The van der Waals surface area contributed by atoms with E-state index >= 15 is 0 Å². The summed E-state index contributed by atoms with van der Waals surface area (Å²) in [6.45, 7) is 1.88. The molecule has 0 spiro atoms. The molecule has 0 aliphatic heterocycles. The maximum absolute atomic E-state index is 12.4. The number of ether oxygens (including phenoxy) is 2. The fraction of sp³-hybridized carbons (Fsp3) is 0.556. The van der Waals surface area contributed by atoms with Gasteiger partial charge in [0.05, 0.1) is 13.2 Å². The van der Waals surface area contributed by atoms with Crippen LogP contribution in [0.2, 0.25) is 0 Å². The number of carboxylic acids is 1. The van der Waals surface area contributed by atoms with Gasteiger partial charge in [-0.1, -0.05) is 13.3 Å². The van der Waals surface area contributed by atoms with Crippen LogP contribution in [0.3, 0.4) is 0 Å². The van der Waals surface area contributed by atoms with Crippen LogP contribution in [0, 0.1) is 0 Å². The van der Waals surface area contributed by atoms with Gasteiger partial charge >= 0.3 is 5.97 Å². The first-order chi connectivity index (χ1) is 11.5. The first kappa shape index (κ1) is 18.1. The van der Waals surface area contributed by atoms with Crippen molar-refractivity contribution in [1.82, 2.24) is 5.32 Å². The van der Waals surface area contributed by atoms with Crippen LogP contribution in [-0.2, 0) is 4.79 Å². The van der Waals surface area contributed by atoms with Crippen molar-refractivity contribution < 1.29 is 24.2 Å². The van der Waals surface area contributed by atoms with Gasteiger partial charge in [0.15, 0.2) is 11.5 Å². The Labute approximate surface area is 142 Å². The number of amides is 1. The van der Waals surface area contributed by atoms with Gasteiger partial charge in [0.25, 0.3) is 5.91 Å². The molecular formula is C18H25NO5. The van der Waals surface area contributed by atoms with Crippen LogP contribution in [0.5, 0.6) is 11.5 Å². The minimum atomic E-state index is -1.03. The molecule has 6 heteroatoms. The molecule has 6 nitrogen and oxygen atoms in total. The number of nitrogens with one attached hydrogen (secondary N) is 1. The number of carbonyl (C=O) groups excluding carboxylic acids is 1. The first-order valence-electron chi connectivity index (χ1n) is 8.43. The van der Waals surface area contributed by atoms with E-state index in [2.05, 4.69) is 5.32 Å². The molecule has 1 aliphatic rings. The van der Waals surface area contributed by atoms with Gasteiger partial charge in [-0.15, -0.1) is 0 Å². The Morgan fingerprint density at radius 1 is 1.29 bits per heavy atom. The van der Waals surface area contributed by atoms with E-state index in [-0.39, 0.29) is 6.10 Å². The minimum Gasteiger partial charge on any atom is -0.493 e. The lowest BCUT2D eigenvalue weighted by atomic mass is 10.1. The molecule has 1 saturated carbocycles. The molecule has 0 saturated heterocycles. The number of hydrogen-bond donors (Lipinski definition) is 2. The summed E-state index contributed by atoms with van der Waals surface area (Å²) in [4.78, 5) is 23.5. The van der Waals surface area contributed by atoms with E-state index in [1.54, 1.807) is 25.3 Å². The monoisotopic (exact) mass is 335 g/mol. The highest BCUT2D eigenvalue weighted by Crippen LogP contribution is 2.32. The van der Waals surface area contributed by atoms with E-state index in [1.165, 1.54) is 0 Å². The fourth-order valence-corrected chi connectivity index (χ4v) is 2.88. The van der Waals surface area contributed by atoms with Crippen molar-refractivity contribution in [3.05, 3.63) is 23.8 Å². The van der Waals surface area contributed by atoms with Crippen molar-refractivity contribution in [1.29, 1.82) is 0 Å². The van der Waals surface area contributed by atoms with E-state index in [4.69, 9.17) is 14.6 Å². The highest BCUT2D eigenvalue weighted by atomic mass is 16.5. The van der Waals surface area contributed by atoms with Crippen LogP contribution in [0.25, 0.3) is 0 Å². The van der Waals surface area contributed by atoms with E-state index in [1.807, 2.05) is 6.92 Å². The van der Waals surface area contributed by atoms with E-state index in [0.717, 1.165) is 25.7 Å². The predicted molar refractivity (Wildman–Crippen MR) is 89.7 cm³/mol. The Morgan fingerprint density at radius 2 is 2.00 bits per heavy atom. The normalized spacial score (nSPS) is 15.8. The molecule has 1 fully saturated rings. The SMILES string of the molecule is CCCC(NC(=O)c1ccc(OC)c(OC2CCCC2)c1)C(=O)O. The molecule has 132 valence electrons. The fourth-order valence-electron chi connectivity index (χ4n) is 2.88. The van der Waals surface area contributed by atoms with Crippen molar-refractivity contribution in [3.63, 3.8) is 0 Å². The molecule has 1 unspecified atom stereocenters. The molecule has 1 amide bonds. The summed E-state index contributed by atoms with van der Waals surface area (Å²) in [5.74, 6) is -0.350. The average Bonchev–Trinajstić information content (AvgIpc) is 3.07. The van der Waals surface area contributed by atoms with Gasteiger partial charge in [-0.2, -0.15) is 0 Å². The molecule has 1 aliphatic carbocycles. The maximum Gasteiger partial charge on any atom is 0.326 e. The van der Waals surface area contributed by atoms with Crippen LogP contribution in [0.1, 0.15) is 55.8 Å². The van der Waals surface area contributed by atoms with Crippen molar-refractivity contribution in [2.75, 3.05) is 7.11 Å². The van der Waals surface area contributed by atoms with Gasteiger partial charge in [-0.3, -0.25) is 4.79 Å². The van der Waals surface area contributed by atoms with Gasteiger partial charge in [-0.25, -0.2) is 4.79 Å². The number of carboxylic acid groups (broad SMARTS) is 1. The molecule has 0 bridgehead atoms. The Hall–Kier alpha value is -2.24. The van der Waals surface area contributed by atoms with E-state index in [0.29, 0.717) is 29.9 Å². The maximum atomic E-state index is 12.4. The number of aliphatic carboxylic acids is 1. The summed E-state index contributed by atoms with van der Waals surface area (Å²) in [6.07, 6.45) is 5.49. The standard InChI is InChI=1S/C18H25NO5/c1-3-6-14(18(21)22)19-17(20)12-9-10-15(23-2)16(11-12)24-13-7-4-5-8-13/h9-11,13-14H,3-8H2,1-2H3,(H,19,20)(H,21,22). The Morgan fingerprint density at radius 3 is 2.58 bits per heavy atom. The number of carbonyl (C=O) groups is 2. The van der Waals surface area contributed by atoms with Crippen molar-refractivity contribution in [2.24, 2.45) is 0 Å². The number of rotatable bonds is 8. The van der Waals surface area contributed by atoms with Gasteiger partial charge in [0, 0.05) is 5.56 Å². The summed E-state index contributed by atoms with van der Waals surface area (Å²) in [5, 5.41) is 11.7. The average molecular weight is 335 g/mol. The van der Waals surface area contributed by atoms with E-state index < -0.39 is 17.9 Å². The topological polar surface area (TPSA) is 84.9 Å².